The van der Waals surface area contributed by atoms with Gasteiger partial charge in [0.15, 0.2) is 0 Å². The number of esters is 1. The number of rotatable bonds is 7. The van der Waals surface area contributed by atoms with Crippen molar-refractivity contribution in [3.05, 3.63) is 0 Å². The monoisotopic (exact) mass is 367 g/mol. The summed E-state index contributed by atoms with van der Waals surface area (Å²) in [5.41, 5.74) is 0. The number of piperazine rings is 1. The largest absolute Gasteiger partial charge is 0.469 e. The Bertz CT molecular complexity index is 489. The van der Waals surface area contributed by atoms with E-state index in [4.69, 9.17) is 0 Å². The number of likely N-dealkylation sites (tertiary alicyclic amines) is 1. The molecule has 1 atom stereocenters. The molecule has 2 fully saturated rings. The fraction of sp³-hybridized carbons (Fsp3) is 0.842. The molecule has 0 aliphatic carbocycles. The summed E-state index contributed by atoms with van der Waals surface area (Å²) >= 11 is 0. The summed E-state index contributed by atoms with van der Waals surface area (Å²) in [6.07, 6.45) is 4.74. The molecule has 0 aromatic rings. The number of hydrogen-bond acceptors (Lipinski definition) is 5. The van der Waals surface area contributed by atoms with Gasteiger partial charge in [-0.3, -0.25) is 14.4 Å². The Hall–Kier alpha value is -1.63. The lowest BCUT2D eigenvalue weighted by Gasteiger charge is -2.34. The highest BCUT2D eigenvalue weighted by molar-refractivity contribution is 5.77. The van der Waals surface area contributed by atoms with E-state index in [1.807, 2.05) is 9.80 Å². The number of carbonyl (C=O) groups excluding carboxylic acids is 3. The van der Waals surface area contributed by atoms with Crippen molar-refractivity contribution in [1.29, 1.82) is 0 Å². The van der Waals surface area contributed by atoms with Crippen LogP contribution in [0.4, 0.5) is 0 Å². The van der Waals surface area contributed by atoms with E-state index in [2.05, 4.69) is 16.7 Å². The average molecular weight is 367 g/mol. The number of hydrogen-bond donors (Lipinski definition) is 0. The SMILES string of the molecule is COC(=O)CCCC(=O)N1CCCC(CCC(=O)N2CCN(C)CC2)C1. The molecule has 0 radical (unpaired) electrons. The van der Waals surface area contributed by atoms with Crippen LogP contribution in [0.25, 0.3) is 0 Å². The fourth-order valence-electron chi connectivity index (χ4n) is 3.71. The Morgan fingerprint density at radius 1 is 0.923 bits per heavy atom. The topological polar surface area (TPSA) is 70.2 Å². The van der Waals surface area contributed by atoms with Crippen molar-refractivity contribution in [2.75, 3.05) is 53.4 Å². The molecule has 7 nitrogen and oxygen atoms in total. The first kappa shape index (κ1) is 20.7. The van der Waals surface area contributed by atoms with E-state index < -0.39 is 0 Å². The van der Waals surface area contributed by atoms with Crippen LogP contribution in [0, 0.1) is 5.92 Å². The Labute approximate surface area is 156 Å². The zero-order valence-corrected chi connectivity index (χ0v) is 16.2. The number of amides is 2. The van der Waals surface area contributed by atoms with Crippen molar-refractivity contribution in [3.63, 3.8) is 0 Å². The second-order valence-corrected chi connectivity index (χ2v) is 7.50. The number of methoxy groups -OCH3 is 1. The zero-order chi connectivity index (χ0) is 18.9. The average Bonchev–Trinajstić information content (AvgIpc) is 2.66. The van der Waals surface area contributed by atoms with Gasteiger partial charge in [0.25, 0.3) is 0 Å². The maximum absolute atomic E-state index is 12.4. The van der Waals surface area contributed by atoms with Gasteiger partial charge in [0.2, 0.25) is 11.8 Å². The van der Waals surface area contributed by atoms with E-state index in [0.717, 1.165) is 58.5 Å². The van der Waals surface area contributed by atoms with E-state index in [1.165, 1.54) is 7.11 Å². The lowest BCUT2D eigenvalue weighted by atomic mass is 9.92. The van der Waals surface area contributed by atoms with Crippen molar-refractivity contribution >= 4 is 17.8 Å². The first-order valence-corrected chi connectivity index (χ1v) is 9.80. The third kappa shape index (κ3) is 6.59. The first-order chi connectivity index (χ1) is 12.5. The van der Waals surface area contributed by atoms with Crippen molar-refractivity contribution in [1.82, 2.24) is 14.7 Å². The molecule has 2 saturated heterocycles. The summed E-state index contributed by atoms with van der Waals surface area (Å²) in [5, 5.41) is 0. The maximum atomic E-state index is 12.4. The predicted molar refractivity (Wildman–Crippen MR) is 98.5 cm³/mol. The van der Waals surface area contributed by atoms with Crippen LogP contribution in [0.5, 0.6) is 0 Å². The molecule has 2 rings (SSSR count). The van der Waals surface area contributed by atoms with Crippen molar-refractivity contribution in [3.8, 4) is 0 Å². The number of carbonyl (C=O) groups is 3. The molecule has 0 saturated carbocycles. The number of piperidine rings is 1. The molecule has 2 amide bonds. The zero-order valence-electron chi connectivity index (χ0n) is 16.2. The highest BCUT2D eigenvalue weighted by Crippen LogP contribution is 2.22. The third-order valence-electron chi connectivity index (χ3n) is 5.49. The third-order valence-corrected chi connectivity index (χ3v) is 5.49. The Balaban J connectivity index is 1.68. The van der Waals surface area contributed by atoms with Crippen LogP contribution in [-0.2, 0) is 19.1 Å². The molecular weight excluding hydrogens is 334 g/mol. The van der Waals surface area contributed by atoms with Gasteiger partial charge in [-0.1, -0.05) is 0 Å². The minimum Gasteiger partial charge on any atom is -0.469 e. The molecule has 0 aromatic carbocycles. The summed E-state index contributed by atoms with van der Waals surface area (Å²) in [7, 11) is 3.45. The van der Waals surface area contributed by atoms with Crippen LogP contribution in [0.3, 0.4) is 0 Å². The van der Waals surface area contributed by atoms with E-state index >= 15 is 0 Å². The van der Waals surface area contributed by atoms with E-state index in [9.17, 15) is 14.4 Å². The van der Waals surface area contributed by atoms with Gasteiger partial charge in [0.1, 0.15) is 0 Å². The van der Waals surface area contributed by atoms with Gasteiger partial charge in [0, 0.05) is 58.5 Å². The van der Waals surface area contributed by atoms with Crippen molar-refractivity contribution < 1.29 is 19.1 Å². The van der Waals surface area contributed by atoms with Gasteiger partial charge in [-0.05, 0) is 38.6 Å². The van der Waals surface area contributed by atoms with Crippen LogP contribution in [0.15, 0.2) is 0 Å². The van der Waals surface area contributed by atoms with E-state index in [0.29, 0.717) is 31.6 Å². The molecule has 0 spiro atoms. The number of nitrogens with zero attached hydrogens (tertiary/aromatic N) is 3. The minimum absolute atomic E-state index is 0.115. The fourth-order valence-corrected chi connectivity index (χ4v) is 3.71. The molecule has 2 aliphatic heterocycles. The lowest BCUT2D eigenvalue weighted by molar-refractivity contribution is -0.141. The van der Waals surface area contributed by atoms with Crippen molar-refractivity contribution in [2.24, 2.45) is 5.92 Å². The molecule has 1 unspecified atom stereocenters. The minimum atomic E-state index is -0.267. The molecular formula is C19H33N3O4. The Morgan fingerprint density at radius 3 is 2.31 bits per heavy atom. The Morgan fingerprint density at radius 2 is 1.62 bits per heavy atom. The quantitative estimate of drug-likeness (QED) is 0.631. The molecule has 7 heteroatoms. The summed E-state index contributed by atoms with van der Waals surface area (Å²) in [5.74, 6) is 0.505. The lowest BCUT2D eigenvalue weighted by Crippen LogP contribution is -2.47. The standard InChI is InChI=1S/C19H33N3O4/c1-20-11-13-21(14-12-20)18(24)9-8-16-5-4-10-22(15-16)17(23)6-3-7-19(25)26-2/h16H,3-15H2,1-2H3. The summed E-state index contributed by atoms with van der Waals surface area (Å²) in [4.78, 5) is 42.0. The van der Waals surface area contributed by atoms with Crippen molar-refractivity contribution in [2.45, 2.75) is 44.9 Å². The smallest absolute Gasteiger partial charge is 0.305 e. The predicted octanol–water partition coefficient (Wildman–Crippen LogP) is 1.12. The maximum Gasteiger partial charge on any atom is 0.305 e. The normalized spacial score (nSPS) is 21.5. The summed E-state index contributed by atoms with van der Waals surface area (Å²) in [6.45, 7) is 5.08. The highest BCUT2D eigenvalue weighted by Gasteiger charge is 2.25. The van der Waals surface area contributed by atoms with Crippen LogP contribution in [-0.4, -0.2) is 85.9 Å². The second kappa shape index (κ2) is 10.5. The molecule has 2 heterocycles. The molecule has 0 N–H and O–H groups in total. The summed E-state index contributed by atoms with van der Waals surface area (Å²) in [6, 6.07) is 0. The summed E-state index contributed by atoms with van der Waals surface area (Å²) < 4.78 is 4.60. The molecule has 0 aromatic heterocycles. The van der Waals surface area contributed by atoms with Crippen LogP contribution in [0.1, 0.15) is 44.9 Å². The molecule has 26 heavy (non-hydrogen) atoms. The van der Waals surface area contributed by atoms with Crippen LogP contribution < -0.4 is 0 Å². The van der Waals surface area contributed by atoms with E-state index in [-0.39, 0.29) is 17.8 Å². The molecule has 148 valence electrons. The number of ether oxygens (including phenoxy) is 1. The molecule has 0 bridgehead atoms. The van der Waals surface area contributed by atoms with Gasteiger partial charge in [-0.2, -0.15) is 0 Å². The second-order valence-electron chi connectivity index (χ2n) is 7.50. The van der Waals surface area contributed by atoms with Gasteiger partial charge < -0.3 is 19.4 Å². The van der Waals surface area contributed by atoms with E-state index in [1.54, 1.807) is 0 Å². The van der Waals surface area contributed by atoms with Gasteiger partial charge >= 0.3 is 5.97 Å². The Kier molecular flexibility index (Phi) is 8.35. The first-order valence-electron chi connectivity index (χ1n) is 9.80. The molecule has 2 aliphatic rings. The number of likely N-dealkylation sites (N-methyl/N-ethyl adjacent to an activating group) is 1. The van der Waals surface area contributed by atoms with Gasteiger partial charge in [-0.15, -0.1) is 0 Å². The van der Waals surface area contributed by atoms with Gasteiger partial charge in [0.05, 0.1) is 7.11 Å². The van der Waals surface area contributed by atoms with Crippen LogP contribution >= 0.6 is 0 Å². The highest BCUT2D eigenvalue weighted by atomic mass is 16.5. The van der Waals surface area contributed by atoms with Gasteiger partial charge in [-0.25, -0.2) is 0 Å². The van der Waals surface area contributed by atoms with Crippen LogP contribution in [0.2, 0.25) is 0 Å².